The molecule has 9 nitrogen and oxygen atoms in total. The largest absolute Gasteiger partial charge is 0.490 e. The number of alkyl carbamates (subject to hydrolysis) is 1. The van der Waals surface area contributed by atoms with Crippen molar-refractivity contribution in [3.63, 3.8) is 0 Å². The van der Waals surface area contributed by atoms with Gasteiger partial charge in [0, 0.05) is 18.7 Å². The van der Waals surface area contributed by atoms with Crippen molar-refractivity contribution in [2.45, 2.75) is 32.0 Å². The number of para-hydroxylation sites is 1. The Kier molecular flexibility index (Phi) is 13.5. The molecule has 2 rings (SSSR count). The highest BCUT2D eigenvalue weighted by atomic mass is 16.6. The number of carbonyl (C=O) groups excluding carboxylic acids is 3. The zero-order valence-corrected chi connectivity index (χ0v) is 20.8. The van der Waals surface area contributed by atoms with Crippen molar-refractivity contribution >= 4 is 18.0 Å². The molecule has 0 aliphatic carbocycles. The average molecular weight is 512 g/mol. The van der Waals surface area contributed by atoms with Gasteiger partial charge >= 0.3 is 18.0 Å². The predicted molar refractivity (Wildman–Crippen MR) is 137 cm³/mol. The van der Waals surface area contributed by atoms with Crippen molar-refractivity contribution in [3.8, 4) is 11.5 Å². The van der Waals surface area contributed by atoms with E-state index in [1.54, 1.807) is 36.4 Å². The highest BCUT2D eigenvalue weighted by Gasteiger charge is 2.17. The Morgan fingerprint density at radius 1 is 0.811 bits per heavy atom. The molecular formula is C28H33NO8. The lowest BCUT2D eigenvalue weighted by molar-refractivity contribution is -0.139. The second kappa shape index (κ2) is 17.2. The zero-order valence-electron chi connectivity index (χ0n) is 20.8. The summed E-state index contributed by atoms with van der Waals surface area (Å²) in [4.78, 5) is 34.6. The summed E-state index contributed by atoms with van der Waals surface area (Å²) in [5.74, 6) is 0.202. The molecule has 0 aromatic heterocycles. The van der Waals surface area contributed by atoms with Crippen LogP contribution in [0, 0.1) is 0 Å². The van der Waals surface area contributed by atoms with Gasteiger partial charge in [-0.1, -0.05) is 43.5 Å². The molecule has 9 heteroatoms. The molecule has 0 fully saturated rings. The quantitative estimate of drug-likeness (QED) is 0.144. The molecule has 1 amide bonds. The molecule has 0 radical (unpaired) electrons. The minimum absolute atomic E-state index is 0.0465. The molecule has 0 saturated carbocycles. The normalized spacial score (nSPS) is 10.9. The third-order valence-electron chi connectivity index (χ3n) is 4.84. The first-order valence-corrected chi connectivity index (χ1v) is 11.9. The summed E-state index contributed by atoms with van der Waals surface area (Å²) < 4.78 is 27.1. The Morgan fingerprint density at radius 3 is 2.22 bits per heavy atom. The van der Waals surface area contributed by atoms with E-state index in [9.17, 15) is 14.4 Å². The molecule has 0 saturated heterocycles. The van der Waals surface area contributed by atoms with Crippen LogP contribution in [0.5, 0.6) is 11.5 Å². The van der Waals surface area contributed by atoms with Crippen LogP contribution in [0.1, 0.15) is 24.8 Å². The second-order valence-electron chi connectivity index (χ2n) is 7.78. The molecule has 2 aromatic rings. The first-order valence-electron chi connectivity index (χ1n) is 11.9. The van der Waals surface area contributed by atoms with Gasteiger partial charge in [0.1, 0.15) is 31.3 Å². The fourth-order valence-corrected chi connectivity index (χ4v) is 2.97. The van der Waals surface area contributed by atoms with Crippen molar-refractivity contribution in [1.29, 1.82) is 0 Å². The summed E-state index contributed by atoms with van der Waals surface area (Å²) in [6, 6.07) is 16.2. The highest BCUT2D eigenvalue weighted by Crippen LogP contribution is 2.16. The Bertz CT molecular complexity index is 1010. The summed E-state index contributed by atoms with van der Waals surface area (Å²) in [6.45, 7) is 7.64. The molecule has 1 N–H and O–H groups in total. The molecular weight excluding hydrogens is 478 g/mol. The van der Waals surface area contributed by atoms with Crippen LogP contribution in [-0.4, -0.2) is 50.5 Å². The number of benzene rings is 2. The van der Waals surface area contributed by atoms with Gasteiger partial charge in [-0.25, -0.2) is 14.4 Å². The molecule has 0 heterocycles. The van der Waals surface area contributed by atoms with Gasteiger partial charge in [0.05, 0.1) is 6.61 Å². The molecule has 0 bridgehead atoms. The van der Waals surface area contributed by atoms with E-state index in [0.717, 1.165) is 24.1 Å². The van der Waals surface area contributed by atoms with Gasteiger partial charge in [0.15, 0.2) is 6.10 Å². The summed E-state index contributed by atoms with van der Waals surface area (Å²) >= 11 is 0. The molecule has 198 valence electrons. The van der Waals surface area contributed by atoms with Crippen molar-refractivity contribution in [1.82, 2.24) is 5.32 Å². The number of rotatable bonds is 17. The van der Waals surface area contributed by atoms with Gasteiger partial charge in [-0.15, -0.1) is 0 Å². The van der Waals surface area contributed by atoms with E-state index in [1.165, 1.54) is 0 Å². The van der Waals surface area contributed by atoms with Crippen LogP contribution < -0.4 is 14.8 Å². The third kappa shape index (κ3) is 12.8. The van der Waals surface area contributed by atoms with Gasteiger partial charge in [-0.3, -0.25) is 0 Å². The fourth-order valence-electron chi connectivity index (χ4n) is 2.97. The maximum Gasteiger partial charge on any atom is 0.407 e. The Morgan fingerprint density at radius 2 is 1.49 bits per heavy atom. The van der Waals surface area contributed by atoms with Crippen LogP contribution in [0.15, 0.2) is 79.9 Å². The molecule has 0 aliphatic heterocycles. The predicted octanol–water partition coefficient (Wildman–Crippen LogP) is 4.37. The molecule has 0 spiro atoms. The van der Waals surface area contributed by atoms with Crippen LogP contribution in [0.2, 0.25) is 0 Å². The standard InChI is InChI=1S/C28H33NO8/c1-3-26(30)33-17-10-6-9-16-29-28(32)37-25(20-34-23-13-7-5-8-14-23)21-35-24-15-11-12-22(18-24)19-36-27(31)4-2/h3-5,7-8,11-15,18,25H,1-2,6,9-10,16-17,19-21H2,(H,29,32). The van der Waals surface area contributed by atoms with E-state index in [2.05, 4.69) is 18.5 Å². The Hall–Kier alpha value is -4.27. The number of unbranched alkanes of at least 4 members (excludes halogenated alkanes) is 2. The molecule has 1 atom stereocenters. The van der Waals surface area contributed by atoms with Crippen molar-refractivity contribution in [2.75, 3.05) is 26.4 Å². The summed E-state index contributed by atoms with van der Waals surface area (Å²) in [6.07, 6.45) is 3.09. The van der Waals surface area contributed by atoms with Crippen LogP contribution in [0.25, 0.3) is 0 Å². The minimum Gasteiger partial charge on any atom is -0.490 e. The molecule has 1 unspecified atom stereocenters. The van der Waals surface area contributed by atoms with E-state index >= 15 is 0 Å². The zero-order chi connectivity index (χ0) is 26.7. The number of esters is 2. The maximum atomic E-state index is 12.3. The summed E-state index contributed by atoms with van der Waals surface area (Å²) in [7, 11) is 0. The van der Waals surface area contributed by atoms with Crippen LogP contribution in [0.4, 0.5) is 4.79 Å². The third-order valence-corrected chi connectivity index (χ3v) is 4.84. The number of nitrogens with one attached hydrogen (secondary N) is 1. The highest BCUT2D eigenvalue weighted by molar-refractivity contribution is 5.81. The topological polar surface area (TPSA) is 109 Å². The minimum atomic E-state index is -0.694. The van der Waals surface area contributed by atoms with Crippen LogP contribution in [-0.2, 0) is 30.4 Å². The number of carbonyl (C=O) groups is 3. The van der Waals surface area contributed by atoms with Gasteiger partial charge in [-0.2, -0.15) is 0 Å². The van der Waals surface area contributed by atoms with Crippen molar-refractivity contribution < 1.29 is 38.1 Å². The van der Waals surface area contributed by atoms with Gasteiger partial charge < -0.3 is 29.0 Å². The van der Waals surface area contributed by atoms with E-state index in [4.69, 9.17) is 23.7 Å². The number of hydrogen-bond acceptors (Lipinski definition) is 8. The number of amides is 1. The number of hydrogen-bond donors (Lipinski definition) is 1. The monoisotopic (exact) mass is 511 g/mol. The molecule has 0 aliphatic rings. The lowest BCUT2D eigenvalue weighted by Gasteiger charge is -2.19. The molecule has 2 aromatic carbocycles. The molecule has 37 heavy (non-hydrogen) atoms. The smallest absolute Gasteiger partial charge is 0.407 e. The summed E-state index contributed by atoms with van der Waals surface area (Å²) in [5.41, 5.74) is 0.739. The lowest BCUT2D eigenvalue weighted by atomic mass is 10.2. The average Bonchev–Trinajstić information content (AvgIpc) is 2.93. The first-order chi connectivity index (χ1) is 18.0. The first kappa shape index (κ1) is 29.0. The van der Waals surface area contributed by atoms with Crippen LogP contribution >= 0.6 is 0 Å². The Labute approximate surface area is 217 Å². The second-order valence-corrected chi connectivity index (χ2v) is 7.78. The van der Waals surface area contributed by atoms with E-state index in [-0.39, 0.29) is 19.8 Å². The van der Waals surface area contributed by atoms with Gasteiger partial charge in [0.2, 0.25) is 0 Å². The van der Waals surface area contributed by atoms with Crippen LogP contribution in [0.3, 0.4) is 0 Å². The summed E-state index contributed by atoms with van der Waals surface area (Å²) in [5, 5.41) is 2.71. The van der Waals surface area contributed by atoms with Crippen molar-refractivity contribution in [2.24, 2.45) is 0 Å². The lowest BCUT2D eigenvalue weighted by Crippen LogP contribution is -2.36. The van der Waals surface area contributed by atoms with Gasteiger partial charge in [0.25, 0.3) is 0 Å². The Balaban J connectivity index is 1.82. The van der Waals surface area contributed by atoms with E-state index < -0.39 is 24.1 Å². The maximum absolute atomic E-state index is 12.3. The SMILES string of the molecule is C=CC(=O)OCCCCCNC(=O)OC(COc1ccccc1)COc1cccc(COC(=O)C=C)c1. The van der Waals surface area contributed by atoms with E-state index in [0.29, 0.717) is 37.5 Å². The van der Waals surface area contributed by atoms with E-state index in [1.807, 2.05) is 18.2 Å². The van der Waals surface area contributed by atoms with Gasteiger partial charge in [-0.05, 0) is 49.1 Å². The number of ether oxygens (including phenoxy) is 5. The van der Waals surface area contributed by atoms with Crippen molar-refractivity contribution in [3.05, 3.63) is 85.5 Å². The fraction of sp³-hybridized carbons (Fsp3) is 0.321.